The van der Waals surface area contributed by atoms with Crippen LogP contribution >= 0.6 is 0 Å². The number of ketones is 1. The van der Waals surface area contributed by atoms with Crippen molar-refractivity contribution in [1.29, 1.82) is 0 Å². The average molecular weight is 363 g/mol. The van der Waals surface area contributed by atoms with Gasteiger partial charge in [-0.15, -0.1) is 0 Å². The lowest BCUT2D eigenvalue weighted by atomic mass is 9.49. The molecule has 5 rings (SSSR count). The Hall–Kier alpha value is -0.450. The third-order valence-corrected chi connectivity index (χ3v) is 9.85. The Morgan fingerprint density at radius 1 is 1.00 bits per heavy atom. The van der Waals surface area contributed by atoms with Crippen LogP contribution in [0.5, 0.6) is 0 Å². The van der Waals surface area contributed by atoms with Gasteiger partial charge in [0.1, 0.15) is 6.61 Å². The predicted molar refractivity (Wildman–Crippen MR) is 97.3 cm³/mol. The van der Waals surface area contributed by atoms with Crippen molar-refractivity contribution in [3.05, 3.63) is 0 Å². The van der Waals surface area contributed by atoms with E-state index in [9.17, 15) is 15.0 Å². The monoisotopic (exact) mass is 362 g/mol. The molecule has 4 nitrogen and oxygen atoms in total. The zero-order chi connectivity index (χ0) is 18.3. The summed E-state index contributed by atoms with van der Waals surface area (Å²) in [6, 6.07) is 0. The number of fused-ring (bicyclic) bond motifs is 7. The molecular weight excluding hydrogens is 328 g/mol. The van der Waals surface area contributed by atoms with Gasteiger partial charge in [-0.05, 0) is 86.4 Å². The van der Waals surface area contributed by atoms with Crippen LogP contribution in [-0.2, 0) is 9.53 Å². The standard InChI is InChI=1S/C22H34O4/c1-21-9-7-12-13-8-10-22(25)19(20(22)26-2)15(13)4-3-14(12)16(21)5-6-17(21)18(24)11-23/h12-17,19-20,23,25H,3-11H2,1-2H3/t12-,13-,14-,15+,16+,17-,19?,20?,21+,22-/m1/s1. The van der Waals surface area contributed by atoms with Gasteiger partial charge in [0.05, 0.1) is 11.7 Å². The summed E-state index contributed by atoms with van der Waals surface area (Å²) in [6.45, 7) is 2.05. The van der Waals surface area contributed by atoms with E-state index >= 15 is 0 Å². The molecule has 0 aromatic carbocycles. The molecule has 0 aliphatic heterocycles. The molecule has 0 heterocycles. The highest BCUT2D eigenvalue weighted by Crippen LogP contribution is 2.69. The molecule has 5 fully saturated rings. The van der Waals surface area contributed by atoms with E-state index in [4.69, 9.17) is 4.74 Å². The minimum Gasteiger partial charge on any atom is -0.389 e. The molecule has 0 radical (unpaired) electrons. The van der Waals surface area contributed by atoms with Gasteiger partial charge in [-0.2, -0.15) is 0 Å². The maximum Gasteiger partial charge on any atom is 0.161 e. The van der Waals surface area contributed by atoms with Gasteiger partial charge < -0.3 is 14.9 Å². The van der Waals surface area contributed by atoms with Gasteiger partial charge in [0.25, 0.3) is 0 Å². The van der Waals surface area contributed by atoms with Crippen LogP contribution in [0.15, 0.2) is 0 Å². The van der Waals surface area contributed by atoms with Crippen molar-refractivity contribution < 1.29 is 19.7 Å². The molecule has 2 unspecified atom stereocenters. The van der Waals surface area contributed by atoms with Gasteiger partial charge in [-0.1, -0.05) is 6.92 Å². The van der Waals surface area contributed by atoms with Crippen LogP contribution in [-0.4, -0.2) is 41.4 Å². The fourth-order valence-corrected chi connectivity index (χ4v) is 8.77. The molecule has 0 amide bonds. The quantitative estimate of drug-likeness (QED) is 0.810. The smallest absolute Gasteiger partial charge is 0.161 e. The maximum absolute atomic E-state index is 12.3. The van der Waals surface area contributed by atoms with E-state index in [1.165, 1.54) is 25.7 Å². The Labute approximate surface area is 156 Å². The molecule has 0 spiro atoms. The fraction of sp³-hybridized carbons (Fsp3) is 0.955. The van der Waals surface area contributed by atoms with Gasteiger partial charge in [-0.25, -0.2) is 0 Å². The van der Waals surface area contributed by atoms with Crippen molar-refractivity contribution in [1.82, 2.24) is 0 Å². The van der Waals surface area contributed by atoms with Gasteiger partial charge in [0, 0.05) is 18.9 Å². The highest BCUT2D eigenvalue weighted by molar-refractivity contribution is 5.83. The molecule has 0 aromatic heterocycles. The van der Waals surface area contributed by atoms with Crippen LogP contribution in [0.25, 0.3) is 0 Å². The second kappa shape index (κ2) is 5.78. The second-order valence-corrected chi connectivity index (χ2v) is 10.4. The van der Waals surface area contributed by atoms with E-state index < -0.39 is 5.60 Å². The van der Waals surface area contributed by atoms with E-state index in [2.05, 4.69) is 6.92 Å². The number of aliphatic hydroxyl groups is 2. The summed E-state index contributed by atoms with van der Waals surface area (Å²) in [5.41, 5.74) is -0.421. The summed E-state index contributed by atoms with van der Waals surface area (Å²) in [5.74, 6) is 4.08. The zero-order valence-electron chi connectivity index (χ0n) is 16.2. The van der Waals surface area contributed by atoms with Gasteiger partial charge in [-0.3, -0.25) is 4.79 Å². The first-order valence-corrected chi connectivity index (χ1v) is 10.8. The van der Waals surface area contributed by atoms with Crippen LogP contribution in [0.1, 0.15) is 58.3 Å². The largest absolute Gasteiger partial charge is 0.389 e. The van der Waals surface area contributed by atoms with E-state index in [1.54, 1.807) is 7.11 Å². The van der Waals surface area contributed by atoms with Crippen LogP contribution in [0.4, 0.5) is 0 Å². The van der Waals surface area contributed by atoms with E-state index in [1.807, 2.05) is 0 Å². The highest BCUT2D eigenvalue weighted by atomic mass is 16.5. The highest BCUT2D eigenvalue weighted by Gasteiger charge is 2.72. The Morgan fingerprint density at radius 2 is 1.69 bits per heavy atom. The molecule has 146 valence electrons. The van der Waals surface area contributed by atoms with Crippen molar-refractivity contribution in [3.63, 3.8) is 0 Å². The van der Waals surface area contributed by atoms with E-state index in [0.29, 0.717) is 17.8 Å². The Bertz CT molecular complexity index is 605. The number of ether oxygens (including phenoxy) is 1. The molecule has 5 aliphatic carbocycles. The van der Waals surface area contributed by atoms with Gasteiger partial charge in [0.2, 0.25) is 0 Å². The number of carbonyl (C=O) groups excluding carboxylic acids is 1. The topological polar surface area (TPSA) is 66.8 Å². The van der Waals surface area contributed by atoms with Crippen LogP contribution < -0.4 is 0 Å². The van der Waals surface area contributed by atoms with Crippen molar-refractivity contribution in [3.8, 4) is 0 Å². The van der Waals surface area contributed by atoms with Crippen molar-refractivity contribution in [2.75, 3.05) is 13.7 Å². The maximum atomic E-state index is 12.3. The van der Waals surface area contributed by atoms with E-state index in [-0.39, 0.29) is 29.8 Å². The second-order valence-electron chi connectivity index (χ2n) is 10.4. The summed E-state index contributed by atoms with van der Waals surface area (Å²) in [6.07, 6.45) is 9.14. The predicted octanol–water partition coefficient (Wildman–Crippen LogP) is 2.80. The van der Waals surface area contributed by atoms with Crippen LogP contribution in [0.3, 0.4) is 0 Å². The SMILES string of the molecule is COC1C2[C@H]3CC[C@@H]4[C@H](CC[C@]5(C)[C@@H](C(=O)CO)CC[C@@H]45)[C@H]3CC[C@]12O. The lowest BCUT2D eigenvalue weighted by Gasteiger charge is -2.55. The van der Waals surface area contributed by atoms with Crippen molar-refractivity contribution in [2.45, 2.75) is 70.0 Å². The third kappa shape index (κ3) is 2.10. The number of rotatable bonds is 3. The Kier molecular flexibility index (Phi) is 3.92. The molecular formula is C22H34O4. The average Bonchev–Trinajstić information content (AvgIpc) is 3.11. The summed E-state index contributed by atoms with van der Waals surface area (Å²) in [7, 11) is 1.75. The molecule has 10 atom stereocenters. The first-order valence-electron chi connectivity index (χ1n) is 10.8. The molecule has 0 aromatic rings. The minimum absolute atomic E-state index is 0.0703. The minimum atomic E-state index is -0.530. The number of carbonyl (C=O) groups is 1. The number of Topliss-reactive ketones (excluding diaryl/α,β-unsaturated/α-hetero) is 1. The lowest BCUT2D eigenvalue weighted by molar-refractivity contribution is -0.133. The van der Waals surface area contributed by atoms with Crippen LogP contribution in [0, 0.1) is 46.8 Å². The summed E-state index contributed by atoms with van der Waals surface area (Å²) >= 11 is 0. The number of aliphatic hydroxyl groups excluding tert-OH is 1. The molecule has 26 heavy (non-hydrogen) atoms. The van der Waals surface area contributed by atoms with Gasteiger partial charge in [0.15, 0.2) is 5.78 Å². The van der Waals surface area contributed by atoms with Crippen molar-refractivity contribution >= 4 is 5.78 Å². The number of hydrogen-bond donors (Lipinski definition) is 2. The first kappa shape index (κ1) is 17.6. The van der Waals surface area contributed by atoms with Crippen molar-refractivity contribution in [2.24, 2.45) is 46.8 Å². The molecule has 5 aliphatic rings. The third-order valence-electron chi connectivity index (χ3n) is 9.85. The summed E-state index contributed by atoms with van der Waals surface area (Å²) in [4.78, 5) is 12.3. The number of methoxy groups -OCH3 is 1. The molecule has 0 saturated heterocycles. The summed E-state index contributed by atoms with van der Waals surface area (Å²) in [5, 5.41) is 20.3. The molecule has 4 heteroatoms. The molecule has 2 N–H and O–H groups in total. The normalized spacial score (nSPS) is 57.5. The van der Waals surface area contributed by atoms with E-state index in [0.717, 1.165) is 43.4 Å². The lowest BCUT2D eigenvalue weighted by Crippen LogP contribution is -2.50. The van der Waals surface area contributed by atoms with Crippen LogP contribution in [0.2, 0.25) is 0 Å². The zero-order valence-corrected chi connectivity index (χ0v) is 16.2. The molecule has 0 bridgehead atoms. The summed E-state index contributed by atoms with van der Waals surface area (Å²) < 4.78 is 5.62. The van der Waals surface area contributed by atoms with Gasteiger partial charge >= 0.3 is 0 Å². The Balaban J connectivity index is 1.37. The molecule has 5 saturated carbocycles. The Morgan fingerprint density at radius 3 is 2.42 bits per heavy atom. The first-order chi connectivity index (χ1) is 12.5. The fourth-order valence-electron chi connectivity index (χ4n) is 8.77. The number of hydrogen-bond acceptors (Lipinski definition) is 4.